The van der Waals surface area contributed by atoms with Crippen molar-refractivity contribution in [3.63, 3.8) is 0 Å². The lowest BCUT2D eigenvalue weighted by Gasteiger charge is -2.59. The molecule has 0 N–H and O–H groups in total. The van der Waals surface area contributed by atoms with E-state index in [9.17, 15) is 14.4 Å². The Bertz CT molecular complexity index is 1400. The number of para-hydroxylation sites is 1. The third-order valence-corrected chi connectivity index (χ3v) is 15.8. The second-order valence-corrected chi connectivity index (χ2v) is 19.9. The predicted octanol–water partition coefficient (Wildman–Crippen LogP) is 7.28. The van der Waals surface area contributed by atoms with Crippen molar-refractivity contribution in [2.45, 2.75) is 104 Å². The Morgan fingerprint density at radius 2 is 1.64 bits per heavy atom. The van der Waals surface area contributed by atoms with Crippen LogP contribution < -0.4 is 4.90 Å². The molecule has 4 aliphatic rings. The van der Waals surface area contributed by atoms with Crippen molar-refractivity contribution in [2.24, 2.45) is 17.8 Å². The number of imide groups is 1. The molecule has 44 heavy (non-hydrogen) atoms. The molecule has 2 bridgehead atoms. The van der Waals surface area contributed by atoms with E-state index in [0.29, 0.717) is 30.5 Å². The van der Waals surface area contributed by atoms with Gasteiger partial charge in [-0.05, 0) is 82.4 Å². The number of amides is 2. The molecule has 0 unspecified atom stereocenters. The molecular weight excluding hydrogens is 574 g/mol. The van der Waals surface area contributed by atoms with Gasteiger partial charge >= 0.3 is 18.0 Å². The maximum atomic E-state index is 15.1. The van der Waals surface area contributed by atoms with Gasteiger partial charge in [-0.15, -0.1) is 0 Å². The van der Waals surface area contributed by atoms with Gasteiger partial charge in [-0.3, -0.25) is 9.59 Å². The molecule has 1 aromatic rings. The van der Waals surface area contributed by atoms with Crippen LogP contribution >= 0.6 is 0 Å². The minimum absolute atomic E-state index is 0.0808. The summed E-state index contributed by atoms with van der Waals surface area (Å²) in [4.78, 5) is 56.4. The van der Waals surface area contributed by atoms with Gasteiger partial charge in [-0.2, -0.15) is 0 Å². The first kappa shape index (κ1) is 33.7. The monoisotopic (exact) mass is 623 g/mol. The number of carbonyl (C=O) groups excluding carboxylic acids is 4. The van der Waals surface area contributed by atoms with E-state index < -0.39 is 48.9 Å². The van der Waals surface area contributed by atoms with E-state index in [-0.39, 0.29) is 30.1 Å². The van der Waals surface area contributed by atoms with Gasteiger partial charge in [0.25, 0.3) is 0 Å². The highest BCUT2D eigenvalue weighted by atomic mass is 28.3. The summed E-state index contributed by atoms with van der Waals surface area (Å²) in [6, 6.07) is 7.35. The van der Waals surface area contributed by atoms with E-state index >= 15 is 4.79 Å². The molecule has 0 aromatic heterocycles. The fourth-order valence-corrected chi connectivity index (χ4v) is 10.7. The Morgan fingerprint density at radius 3 is 2.23 bits per heavy atom. The van der Waals surface area contributed by atoms with Crippen LogP contribution in [0.5, 0.6) is 0 Å². The Hall–Kier alpha value is -3.20. The summed E-state index contributed by atoms with van der Waals surface area (Å²) < 4.78 is 16.6. The molecule has 4 atom stereocenters. The number of carbonyl (C=O) groups is 4. The van der Waals surface area contributed by atoms with E-state index in [1.165, 1.54) is 11.3 Å². The van der Waals surface area contributed by atoms with E-state index in [4.69, 9.17) is 14.2 Å². The molecule has 2 amide bonds. The lowest BCUT2D eigenvalue weighted by Crippen LogP contribution is -2.65. The summed E-state index contributed by atoms with van der Waals surface area (Å²) >= 11 is 0. The largest absolute Gasteiger partial charge is 0.466 e. The molecule has 1 fully saturated rings. The number of hydrogen-bond donors (Lipinski definition) is 0. The molecule has 3 aliphatic carbocycles. The normalized spacial score (nSPS) is 25.1. The van der Waals surface area contributed by atoms with E-state index in [1.807, 2.05) is 18.2 Å². The van der Waals surface area contributed by atoms with Crippen LogP contribution in [-0.2, 0) is 34.0 Å². The molecular formula is C35H49NO7Si. The van der Waals surface area contributed by atoms with Crippen molar-refractivity contribution in [3.05, 3.63) is 52.8 Å². The fourth-order valence-electron chi connectivity index (χ4n) is 7.56. The number of hydrogen-bond acceptors (Lipinski definition) is 7. The highest BCUT2D eigenvalue weighted by Gasteiger charge is 2.71. The quantitative estimate of drug-likeness (QED) is 0.136. The van der Waals surface area contributed by atoms with Crippen LogP contribution in [0.4, 0.5) is 10.5 Å². The van der Waals surface area contributed by atoms with Crippen LogP contribution in [0.25, 0.3) is 0 Å². The van der Waals surface area contributed by atoms with Crippen molar-refractivity contribution in [3.8, 4) is 0 Å². The average molecular weight is 624 g/mol. The molecule has 0 radical (unpaired) electrons. The first-order chi connectivity index (χ1) is 20.4. The molecule has 8 nitrogen and oxygen atoms in total. The number of ether oxygens (including phenoxy) is 3. The minimum atomic E-state index is -2.34. The van der Waals surface area contributed by atoms with Crippen LogP contribution in [-0.4, -0.2) is 50.8 Å². The zero-order chi connectivity index (χ0) is 32.8. The Kier molecular flexibility index (Phi) is 9.15. The van der Waals surface area contributed by atoms with Crippen molar-refractivity contribution in [1.82, 2.24) is 0 Å². The molecule has 1 saturated carbocycles. The van der Waals surface area contributed by atoms with Crippen LogP contribution in [0.3, 0.4) is 0 Å². The number of esters is 2. The zero-order valence-electron chi connectivity index (χ0n) is 28.0. The number of nitrogens with zero attached hydrogens (tertiary/aromatic N) is 1. The minimum Gasteiger partial charge on any atom is -0.466 e. The third-order valence-electron chi connectivity index (χ3n) is 10.0. The van der Waals surface area contributed by atoms with Crippen molar-refractivity contribution in [1.29, 1.82) is 0 Å². The molecule has 1 spiro atoms. The summed E-state index contributed by atoms with van der Waals surface area (Å²) in [7, 11) is -2.34. The van der Waals surface area contributed by atoms with E-state index in [0.717, 1.165) is 10.5 Å². The van der Waals surface area contributed by atoms with Gasteiger partial charge in [0.1, 0.15) is 5.60 Å². The lowest BCUT2D eigenvalue weighted by molar-refractivity contribution is -0.160. The Labute approximate surface area is 263 Å². The third kappa shape index (κ3) is 5.46. The van der Waals surface area contributed by atoms with Gasteiger partial charge in [-0.1, -0.05) is 68.9 Å². The lowest BCUT2D eigenvalue weighted by atomic mass is 9.48. The van der Waals surface area contributed by atoms with E-state index in [2.05, 4.69) is 33.9 Å². The van der Waals surface area contributed by atoms with Crippen LogP contribution in [0.1, 0.15) is 80.2 Å². The second-order valence-electron chi connectivity index (χ2n) is 14.6. The molecule has 0 saturated heterocycles. The van der Waals surface area contributed by atoms with Crippen molar-refractivity contribution >= 4 is 37.7 Å². The highest BCUT2D eigenvalue weighted by molar-refractivity contribution is 6.87. The van der Waals surface area contributed by atoms with Gasteiger partial charge < -0.3 is 14.2 Å². The summed E-state index contributed by atoms with van der Waals surface area (Å²) in [6.45, 7) is 20.7. The predicted molar refractivity (Wildman–Crippen MR) is 173 cm³/mol. The van der Waals surface area contributed by atoms with Gasteiger partial charge in [0.15, 0.2) is 0 Å². The SMILES string of the molecule is CCOC(=O)/C=C/CC1=C([Si](C)(C)C(C)(C)C)[C@@H]2CC[C@H]1[C@H](C(=O)OCC)[C@]21C(=O)N(C(=O)OC(C)(C)C)c2ccccc21. The topological polar surface area (TPSA) is 99.2 Å². The number of allylic oxidation sites excluding steroid dienone is 3. The van der Waals surface area contributed by atoms with Crippen LogP contribution in [0.2, 0.25) is 18.1 Å². The summed E-state index contributed by atoms with van der Waals surface area (Å²) in [6.07, 6.45) is 4.42. The summed E-state index contributed by atoms with van der Waals surface area (Å²) in [5, 5.41) is 1.17. The van der Waals surface area contributed by atoms with Gasteiger partial charge in [0.2, 0.25) is 5.91 Å². The van der Waals surface area contributed by atoms with Crippen molar-refractivity contribution < 1.29 is 33.4 Å². The summed E-state index contributed by atoms with van der Waals surface area (Å²) in [5.74, 6) is -2.72. The number of anilines is 1. The van der Waals surface area contributed by atoms with Crippen molar-refractivity contribution in [2.75, 3.05) is 18.1 Å². The second kappa shape index (κ2) is 12.0. The first-order valence-electron chi connectivity index (χ1n) is 15.8. The van der Waals surface area contributed by atoms with Crippen LogP contribution in [0, 0.1) is 17.8 Å². The zero-order valence-corrected chi connectivity index (χ0v) is 29.0. The summed E-state index contributed by atoms with van der Waals surface area (Å²) in [5.41, 5.74) is 0.131. The smallest absolute Gasteiger partial charge is 0.421 e. The number of benzene rings is 1. The highest BCUT2D eigenvalue weighted by Crippen LogP contribution is 2.67. The van der Waals surface area contributed by atoms with Crippen LogP contribution in [0.15, 0.2) is 47.2 Å². The number of rotatable bonds is 7. The molecule has 1 heterocycles. The standard InChI is InChI=1S/C35H49NO7Si/c1-11-41-27(37)19-15-16-23-22-20-21-25(29(23)44(9,10)34(6,7)8)35(28(22)30(38)42-12-2)24-17-13-14-18-26(24)36(31(35)39)32(40)43-33(3,4)5/h13-15,17-19,22,25,28H,11-12,16,20-21H2,1-10H3/b19-15+/t22-,25+,28-,35-/m1/s1. The first-order valence-corrected chi connectivity index (χ1v) is 18.8. The molecule has 5 rings (SSSR count). The maximum Gasteiger partial charge on any atom is 0.421 e. The van der Waals surface area contributed by atoms with Gasteiger partial charge in [0.05, 0.1) is 38.3 Å². The average Bonchev–Trinajstić information content (AvgIpc) is 3.16. The Morgan fingerprint density at radius 1 is 1.00 bits per heavy atom. The molecule has 1 aliphatic heterocycles. The number of fused-ring (bicyclic) bond motifs is 2. The maximum absolute atomic E-state index is 15.1. The van der Waals surface area contributed by atoms with Gasteiger partial charge in [-0.25, -0.2) is 14.5 Å². The molecule has 9 heteroatoms. The molecule has 1 aromatic carbocycles. The Balaban J connectivity index is 2.03. The van der Waals surface area contributed by atoms with Gasteiger partial charge in [0, 0.05) is 6.08 Å². The fraction of sp³-hybridized carbons (Fsp3) is 0.600. The van der Waals surface area contributed by atoms with E-state index in [1.54, 1.807) is 46.8 Å². The molecule has 240 valence electrons.